The van der Waals surface area contributed by atoms with Crippen LogP contribution >= 0.6 is 0 Å². The Morgan fingerprint density at radius 3 is 0.735 bits per heavy atom. The molecular formula is C24H62O3Si6Sm-2. The van der Waals surface area contributed by atoms with Gasteiger partial charge in [0, 0.05) is 84.5 Å². The molecule has 0 spiro atoms. The van der Waals surface area contributed by atoms with Crippen molar-refractivity contribution in [2.45, 2.75) is 118 Å². The van der Waals surface area contributed by atoms with Gasteiger partial charge in [-0.05, 0) is 12.8 Å². The second kappa shape index (κ2) is 15.9. The zero-order valence-corrected chi connectivity index (χ0v) is 35.1. The molecule has 0 aromatic rings. The second-order valence-corrected chi connectivity index (χ2v) is 45.4. The Bertz CT molecular complexity index is 463. The Balaban J connectivity index is -0.000000456. The summed E-state index contributed by atoms with van der Waals surface area (Å²) in [5.41, 5.74) is 0. The van der Waals surface area contributed by atoms with Gasteiger partial charge in [0.15, 0.2) is 0 Å². The summed E-state index contributed by atoms with van der Waals surface area (Å²) in [4.78, 5) is 3.75. The van der Waals surface area contributed by atoms with Gasteiger partial charge in [-0.25, -0.2) is 0 Å². The molecule has 1 saturated heterocycles. The molecule has 10 heteroatoms. The molecule has 1 fully saturated rings. The number of hydrogen-bond acceptors (Lipinski definition) is 3. The summed E-state index contributed by atoms with van der Waals surface area (Å²) in [5, 5.41) is 0. The standard InChI is InChI=1S/2C10H27OSi3.C4H8O.Sm/c2*1-11-14(8,9)10(12(2,3)4)13(5,6)7;1-2-4-5-3-1;/h2*1-9H3;1-4H2;/q2*-1;;. The summed E-state index contributed by atoms with van der Waals surface area (Å²) in [6, 6.07) is 0. The SMILES string of the molecule is C1CCOC1.CO[Si](C)(C)[C-]([Si](C)(C)C)[Si](C)(C)C.CO[Si](C)(C)[C-]([Si](C)(C)C)[Si](C)(C)C.[Sm]. The molecule has 1 aliphatic rings. The topological polar surface area (TPSA) is 27.7 Å². The van der Waals surface area contributed by atoms with E-state index in [-0.39, 0.29) is 40.4 Å². The van der Waals surface area contributed by atoms with Crippen LogP contribution in [0.25, 0.3) is 0 Å². The van der Waals surface area contributed by atoms with Gasteiger partial charge in [-0.2, -0.15) is 0 Å². The smallest absolute Gasteiger partial charge is 0.0466 e. The van der Waals surface area contributed by atoms with Gasteiger partial charge in [-0.3, -0.25) is 9.58 Å². The van der Waals surface area contributed by atoms with Crippen molar-refractivity contribution >= 4 is 48.9 Å². The third kappa shape index (κ3) is 15.8. The summed E-state index contributed by atoms with van der Waals surface area (Å²) in [5.74, 6) is 0. The minimum atomic E-state index is -1.54. The Hall–Kier alpha value is 2.52. The molecule has 208 valence electrons. The number of hydrogen-bond donors (Lipinski definition) is 0. The van der Waals surface area contributed by atoms with E-state index in [1.807, 2.05) is 23.8 Å². The maximum absolute atomic E-state index is 5.82. The van der Waals surface area contributed by atoms with Crippen LogP contribution in [0.5, 0.6) is 0 Å². The molecule has 1 heterocycles. The third-order valence-electron chi connectivity index (χ3n) is 6.05. The van der Waals surface area contributed by atoms with Crippen molar-refractivity contribution in [3.63, 3.8) is 0 Å². The van der Waals surface area contributed by atoms with Crippen LogP contribution in [0.2, 0.25) is 105 Å². The van der Waals surface area contributed by atoms with Gasteiger partial charge in [0.1, 0.15) is 0 Å². The molecule has 0 aromatic carbocycles. The summed E-state index contributed by atoms with van der Waals surface area (Å²) in [6.45, 7) is 41.0. The molecule has 0 atom stereocenters. The van der Waals surface area contributed by atoms with Crippen LogP contribution in [-0.2, 0) is 13.6 Å². The van der Waals surface area contributed by atoms with E-state index in [2.05, 4.69) is 105 Å². The van der Waals surface area contributed by atoms with Crippen molar-refractivity contribution in [2.75, 3.05) is 27.4 Å². The second-order valence-electron chi connectivity index (χ2n) is 14.5. The van der Waals surface area contributed by atoms with E-state index in [0.717, 1.165) is 13.2 Å². The predicted octanol–water partition coefficient (Wildman–Crippen LogP) is 8.21. The summed E-state index contributed by atoms with van der Waals surface area (Å²) in [7, 11) is -3.94. The van der Waals surface area contributed by atoms with Gasteiger partial charge in [0.25, 0.3) is 0 Å². The Morgan fingerprint density at radius 2 is 0.676 bits per heavy atom. The fraction of sp³-hybridized carbons (Fsp3) is 0.917. The van der Waals surface area contributed by atoms with E-state index in [1.165, 1.54) is 12.8 Å². The molecule has 0 aromatic heterocycles. The minimum absolute atomic E-state index is 0. The van der Waals surface area contributed by atoms with E-state index in [1.54, 1.807) is 0 Å². The van der Waals surface area contributed by atoms with Crippen molar-refractivity contribution in [1.82, 2.24) is 0 Å². The Kier molecular flexibility index (Phi) is 19.2. The summed E-state index contributed by atoms with van der Waals surface area (Å²) < 4.78 is 16.6. The minimum Gasteiger partial charge on any atom is -0.452 e. The monoisotopic (exact) mass is 718 g/mol. The number of ether oxygens (including phenoxy) is 1. The molecule has 0 unspecified atom stereocenters. The van der Waals surface area contributed by atoms with Crippen LogP contribution in [0.1, 0.15) is 12.8 Å². The summed E-state index contributed by atoms with van der Waals surface area (Å²) >= 11 is 0. The van der Waals surface area contributed by atoms with Crippen LogP contribution in [-0.4, -0.2) is 76.4 Å². The first-order valence-electron chi connectivity index (χ1n) is 12.8. The zero-order chi connectivity index (χ0) is 27.1. The van der Waals surface area contributed by atoms with E-state index < -0.39 is 48.9 Å². The average Bonchev–Trinajstić information content (AvgIpc) is 3.08. The van der Waals surface area contributed by atoms with Crippen molar-refractivity contribution in [2.24, 2.45) is 0 Å². The fourth-order valence-electron chi connectivity index (χ4n) is 6.58. The quantitative estimate of drug-likeness (QED) is 0.187. The van der Waals surface area contributed by atoms with Crippen LogP contribution in [0.3, 0.4) is 0 Å². The molecule has 0 radical (unpaired) electrons. The predicted molar refractivity (Wildman–Crippen MR) is 169 cm³/mol. The van der Waals surface area contributed by atoms with Crippen molar-refractivity contribution in [3.8, 4) is 0 Å². The van der Waals surface area contributed by atoms with E-state index in [9.17, 15) is 0 Å². The maximum atomic E-state index is 5.82. The van der Waals surface area contributed by atoms with E-state index in [4.69, 9.17) is 13.6 Å². The molecule has 0 amide bonds. The normalized spacial score (nSPS) is 15.9. The van der Waals surface area contributed by atoms with Gasteiger partial charge in [0.2, 0.25) is 0 Å². The van der Waals surface area contributed by atoms with Crippen LogP contribution < -0.4 is 0 Å². The van der Waals surface area contributed by atoms with Crippen LogP contribution in [0.4, 0.5) is 0 Å². The maximum Gasteiger partial charge on any atom is 0.0466 e. The number of rotatable bonds is 8. The molecule has 1 aliphatic heterocycles. The fourth-order valence-corrected chi connectivity index (χ4v) is 55.1. The largest absolute Gasteiger partial charge is 0.452 e. The molecule has 0 N–H and O–H groups in total. The third-order valence-corrected chi connectivity index (χ3v) is 41.7. The molecule has 1 rings (SSSR count). The average molecular weight is 718 g/mol. The molecular weight excluding hydrogens is 655 g/mol. The van der Waals surface area contributed by atoms with Crippen molar-refractivity contribution < 1.29 is 54.0 Å². The molecule has 0 saturated carbocycles. The molecule has 0 bridgehead atoms. The van der Waals surface area contributed by atoms with Crippen LogP contribution in [0.15, 0.2) is 0 Å². The van der Waals surface area contributed by atoms with E-state index in [0.29, 0.717) is 0 Å². The molecule has 3 nitrogen and oxygen atoms in total. The van der Waals surface area contributed by atoms with Crippen molar-refractivity contribution in [3.05, 3.63) is 9.58 Å². The van der Waals surface area contributed by atoms with Crippen molar-refractivity contribution in [1.29, 1.82) is 0 Å². The first-order valence-corrected chi connectivity index (χ1v) is 32.6. The summed E-state index contributed by atoms with van der Waals surface area (Å²) in [6.07, 6.45) is 2.56. The van der Waals surface area contributed by atoms with E-state index >= 15 is 0 Å². The first-order chi connectivity index (χ1) is 14.4. The molecule has 34 heavy (non-hydrogen) atoms. The molecule has 0 aliphatic carbocycles. The van der Waals surface area contributed by atoms with Gasteiger partial charge in [-0.1, -0.05) is 137 Å². The van der Waals surface area contributed by atoms with Gasteiger partial charge in [0.05, 0.1) is 0 Å². The zero-order valence-electron chi connectivity index (χ0n) is 26.5. The van der Waals surface area contributed by atoms with Gasteiger partial charge >= 0.3 is 0 Å². The Morgan fingerprint density at radius 1 is 0.471 bits per heavy atom. The van der Waals surface area contributed by atoms with Gasteiger partial charge in [-0.15, -0.1) is 0 Å². The first kappa shape index (κ1) is 41.0. The Labute approximate surface area is 255 Å². The van der Waals surface area contributed by atoms with Crippen LogP contribution in [0, 0.1) is 50.0 Å². The van der Waals surface area contributed by atoms with Gasteiger partial charge < -0.3 is 13.6 Å².